The van der Waals surface area contributed by atoms with Crippen molar-refractivity contribution in [1.82, 2.24) is 20.0 Å². The van der Waals surface area contributed by atoms with E-state index in [0.29, 0.717) is 12.0 Å². The average molecular weight is 284 g/mol. The van der Waals surface area contributed by atoms with Crippen molar-refractivity contribution < 1.29 is 4.74 Å². The smallest absolute Gasteiger partial charge is 0.329 e. The second kappa shape index (κ2) is 5.57. The van der Waals surface area contributed by atoms with Gasteiger partial charge in [0.2, 0.25) is 5.96 Å². The van der Waals surface area contributed by atoms with Crippen LogP contribution in [0.5, 0.6) is 0 Å². The van der Waals surface area contributed by atoms with Gasteiger partial charge in [0.1, 0.15) is 0 Å². The Morgan fingerprint density at radius 1 is 1.00 bits per heavy atom. The van der Waals surface area contributed by atoms with E-state index in [2.05, 4.69) is 36.1 Å². The lowest BCUT2D eigenvalue weighted by Gasteiger charge is -2.43. The van der Waals surface area contributed by atoms with E-state index >= 15 is 0 Å². The number of hydrogen-bond donors (Lipinski definition) is 1. The van der Waals surface area contributed by atoms with Gasteiger partial charge in [0.25, 0.3) is 6.02 Å². The molecule has 0 saturated heterocycles. The number of guanidine groups is 1. The highest BCUT2D eigenvalue weighted by Gasteiger charge is 2.43. The molecule has 0 aromatic rings. The first-order chi connectivity index (χ1) is 8.97. The molecular weight excluding hydrogens is 256 g/mol. The van der Waals surface area contributed by atoms with E-state index in [1.54, 1.807) is 0 Å². The molecule has 0 spiro atoms. The van der Waals surface area contributed by atoms with Gasteiger partial charge in [0.15, 0.2) is 0 Å². The van der Waals surface area contributed by atoms with Crippen LogP contribution in [0.4, 0.5) is 0 Å². The summed E-state index contributed by atoms with van der Waals surface area (Å²) >= 11 is 0. The maximum absolute atomic E-state index is 6.03. The SMILES string of the molecule is CN(C)C1=N[C@@](NC(C)(C)C)(N(C)C)OC(N(C)C)=N1. The second-order valence-electron chi connectivity index (χ2n) is 6.57. The molecule has 1 rings (SSSR count). The zero-order chi connectivity index (χ0) is 15.7. The van der Waals surface area contributed by atoms with Crippen molar-refractivity contribution >= 4 is 12.0 Å². The Morgan fingerprint density at radius 2 is 1.55 bits per heavy atom. The molecular formula is C13H28N6O. The quantitative estimate of drug-likeness (QED) is 0.745. The average Bonchev–Trinajstić information content (AvgIpc) is 2.25. The number of hydrogen-bond acceptors (Lipinski definition) is 7. The van der Waals surface area contributed by atoms with E-state index in [9.17, 15) is 0 Å². The number of ether oxygens (including phenoxy) is 1. The molecule has 0 bridgehead atoms. The molecule has 7 nitrogen and oxygen atoms in total. The summed E-state index contributed by atoms with van der Waals surface area (Å²) in [4.78, 5) is 14.7. The molecule has 7 heteroatoms. The molecule has 0 radical (unpaired) electrons. The van der Waals surface area contributed by atoms with Crippen LogP contribution >= 0.6 is 0 Å². The molecule has 1 aliphatic rings. The van der Waals surface area contributed by atoms with Crippen molar-refractivity contribution in [1.29, 1.82) is 0 Å². The number of nitrogens with zero attached hydrogens (tertiary/aromatic N) is 5. The van der Waals surface area contributed by atoms with Crippen LogP contribution in [0.15, 0.2) is 9.98 Å². The van der Waals surface area contributed by atoms with Gasteiger partial charge in [-0.15, -0.1) is 0 Å². The van der Waals surface area contributed by atoms with E-state index in [4.69, 9.17) is 4.74 Å². The highest BCUT2D eigenvalue weighted by atomic mass is 16.6. The van der Waals surface area contributed by atoms with Gasteiger partial charge < -0.3 is 14.5 Å². The van der Waals surface area contributed by atoms with Gasteiger partial charge in [0, 0.05) is 33.7 Å². The van der Waals surface area contributed by atoms with Gasteiger partial charge in [0.05, 0.1) is 0 Å². The predicted molar refractivity (Wildman–Crippen MR) is 82.6 cm³/mol. The second-order valence-corrected chi connectivity index (χ2v) is 6.57. The van der Waals surface area contributed by atoms with Crippen LogP contribution in [-0.4, -0.2) is 80.5 Å². The lowest BCUT2D eigenvalue weighted by Crippen LogP contribution is -2.65. The van der Waals surface area contributed by atoms with Crippen LogP contribution in [0, 0.1) is 0 Å². The van der Waals surface area contributed by atoms with Crippen LogP contribution in [0.25, 0.3) is 0 Å². The van der Waals surface area contributed by atoms with Crippen molar-refractivity contribution in [2.75, 3.05) is 42.3 Å². The molecule has 116 valence electrons. The highest BCUT2D eigenvalue weighted by Crippen LogP contribution is 2.22. The summed E-state index contributed by atoms with van der Waals surface area (Å²) in [6, 6.07) is 0.522. The molecule has 20 heavy (non-hydrogen) atoms. The molecule has 0 aliphatic carbocycles. The topological polar surface area (TPSA) is 55.7 Å². The lowest BCUT2D eigenvalue weighted by atomic mass is 10.1. The summed E-state index contributed by atoms with van der Waals surface area (Å²) in [6.45, 7) is 6.23. The molecule has 1 N–H and O–H groups in total. The molecule has 0 saturated carbocycles. The molecule has 0 amide bonds. The van der Waals surface area contributed by atoms with Crippen molar-refractivity contribution in [3.8, 4) is 0 Å². The van der Waals surface area contributed by atoms with Gasteiger partial charge in [-0.3, -0.25) is 0 Å². The monoisotopic (exact) mass is 284 g/mol. The fourth-order valence-electron chi connectivity index (χ4n) is 1.66. The van der Waals surface area contributed by atoms with Crippen molar-refractivity contribution in [3.05, 3.63) is 0 Å². The standard InChI is InChI=1S/C13H28N6O/c1-12(2,3)16-13(19(8)9)15-10(17(4)5)14-11(20-13)18(6)7/h16H,1-9H3/t13-/m1/s1. The van der Waals surface area contributed by atoms with E-state index in [0.717, 1.165) is 0 Å². The molecule has 0 aromatic heterocycles. The third kappa shape index (κ3) is 3.83. The third-order valence-electron chi connectivity index (χ3n) is 2.61. The maximum atomic E-state index is 6.03. The van der Waals surface area contributed by atoms with Crippen LogP contribution in [0.2, 0.25) is 0 Å². The Kier molecular flexibility index (Phi) is 4.66. The molecule has 1 aliphatic heterocycles. The fraction of sp³-hybridized carbons (Fsp3) is 0.846. The summed E-state index contributed by atoms with van der Waals surface area (Å²) in [6.07, 6.45) is 0. The van der Waals surface area contributed by atoms with Gasteiger partial charge in [-0.1, -0.05) is 0 Å². The largest absolute Gasteiger partial charge is 0.408 e. The van der Waals surface area contributed by atoms with E-state index in [-0.39, 0.29) is 5.54 Å². The number of aliphatic imine (C=N–C) groups is 2. The van der Waals surface area contributed by atoms with Crippen LogP contribution in [0.1, 0.15) is 20.8 Å². The number of nitrogens with one attached hydrogen (secondary N) is 1. The van der Waals surface area contributed by atoms with Gasteiger partial charge in [-0.05, 0) is 34.9 Å². The van der Waals surface area contributed by atoms with Crippen molar-refractivity contribution in [2.24, 2.45) is 9.98 Å². The van der Waals surface area contributed by atoms with Crippen molar-refractivity contribution in [2.45, 2.75) is 32.3 Å². The minimum atomic E-state index is -0.973. The van der Waals surface area contributed by atoms with E-state index in [1.165, 1.54) is 0 Å². The van der Waals surface area contributed by atoms with E-state index < -0.39 is 5.97 Å². The number of amidine groups is 1. The fourth-order valence-corrected chi connectivity index (χ4v) is 1.66. The summed E-state index contributed by atoms with van der Waals surface area (Å²) < 4.78 is 6.03. The Balaban J connectivity index is 3.28. The lowest BCUT2D eigenvalue weighted by molar-refractivity contribution is -0.116. The zero-order valence-corrected chi connectivity index (χ0v) is 14.1. The predicted octanol–water partition coefficient (Wildman–Crippen LogP) is 0.413. The minimum Gasteiger partial charge on any atom is -0.408 e. The minimum absolute atomic E-state index is 0.167. The normalized spacial score (nSPS) is 23.1. The van der Waals surface area contributed by atoms with Crippen LogP contribution < -0.4 is 5.32 Å². The van der Waals surface area contributed by atoms with Gasteiger partial charge in [-0.25, -0.2) is 10.2 Å². The molecule has 0 unspecified atom stereocenters. The maximum Gasteiger partial charge on any atom is 0.329 e. The first-order valence-electron chi connectivity index (χ1n) is 6.66. The first-order valence-corrected chi connectivity index (χ1v) is 6.66. The molecule has 1 atom stereocenters. The summed E-state index contributed by atoms with van der Waals surface area (Å²) in [5.41, 5.74) is -0.167. The third-order valence-corrected chi connectivity index (χ3v) is 2.61. The van der Waals surface area contributed by atoms with E-state index in [1.807, 2.05) is 57.0 Å². The molecule has 1 heterocycles. The Labute approximate surface area is 122 Å². The molecule has 0 fully saturated rings. The first kappa shape index (κ1) is 16.7. The Morgan fingerprint density at radius 3 is 1.90 bits per heavy atom. The van der Waals surface area contributed by atoms with Gasteiger partial charge >= 0.3 is 5.97 Å². The zero-order valence-electron chi connectivity index (χ0n) is 14.1. The van der Waals surface area contributed by atoms with Gasteiger partial charge in [-0.2, -0.15) is 9.98 Å². The van der Waals surface area contributed by atoms with Crippen LogP contribution in [-0.2, 0) is 4.74 Å². The summed E-state index contributed by atoms with van der Waals surface area (Å²) in [5.74, 6) is -0.357. The Hall–Kier alpha value is -1.34. The van der Waals surface area contributed by atoms with Crippen molar-refractivity contribution in [3.63, 3.8) is 0 Å². The highest BCUT2D eigenvalue weighted by molar-refractivity contribution is 5.93. The summed E-state index contributed by atoms with van der Waals surface area (Å²) in [7, 11) is 11.5. The Bertz CT molecular complexity index is 408. The molecule has 0 aromatic carbocycles. The number of rotatable bonds is 2. The summed E-state index contributed by atoms with van der Waals surface area (Å²) in [5, 5.41) is 3.42. The van der Waals surface area contributed by atoms with Crippen LogP contribution in [0.3, 0.4) is 0 Å².